The summed E-state index contributed by atoms with van der Waals surface area (Å²) >= 11 is 0. The van der Waals surface area contributed by atoms with Crippen molar-refractivity contribution in [2.24, 2.45) is 4.99 Å². The highest BCUT2D eigenvalue weighted by molar-refractivity contribution is 5.99. The minimum absolute atomic E-state index is 0.0286. The van der Waals surface area contributed by atoms with Gasteiger partial charge in [-0.3, -0.25) is 4.79 Å². The third kappa shape index (κ3) is 1.82. The Morgan fingerprint density at radius 1 is 1.29 bits per heavy atom. The van der Waals surface area contributed by atoms with Gasteiger partial charge in [0.2, 0.25) is 5.90 Å². The largest absolute Gasteiger partial charge is 0.469 e. The molecule has 1 heterocycles. The van der Waals surface area contributed by atoms with Gasteiger partial charge >= 0.3 is 0 Å². The summed E-state index contributed by atoms with van der Waals surface area (Å²) in [5, 5.41) is 0. The Morgan fingerprint density at radius 3 is 2.57 bits per heavy atom. The van der Waals surface area contributed by atoms with Crippen LogP contribution in [0, 0.1) is 6.92 Å². The molecule has 1 aliphatic heterocycles. The summed E-state index contributed by atoms with van der Waals surface area (Å²) in [6.45, 7) is 2.41. The molecule has 0 aliphatic carbocycles. The van der Waals surface area contributed by atoms with Crippen LogP contribution in [0.25, 0.3) is 0 Å². The number of nitrogens with zero attached hydrogens (tertiary/aromatic N) is 1. The second kappa shape index (κ2) is 3.62. The fourth-order valence-corrected chi connectivity index (χ4v) is 1.27. The lowest BCUT2D eigenvalue weighted by Crippen LogP contribution is -2.23. The van der Waals surface area contributed by atoms with Crippen LogP contribution in [-0.4, -0.2) is 24.8 Å². The Kier molecular flexibility index (Phi) is 2.31. The molecule has 1 aromatic carbocycles. The predicted octanol–water partition coefficient (Wildman–Crippen LogP) is 1.34. The molecule has 0 amide bonds. The molecule has 0 N–H and O–H groups in total. The van der Waals surface area contributed by atoms with E-state index in [2.05, 4.69) is 4.99 Å². The number of hydrogen-bond acceptors (Lipinski definition) is 3. The van der Waals surface area contributed by atoms with Gasteiger partial charge in [0.1, 0.15) is 6.54 Å². The molecule has 14 heavy (non-hydrogen) atoms. The molecule has 0 saturated heterocycles. The Hall–Kier alpha value is -1.64. The van der Waals surface area contributed by atoms with Crippen LogP contribution >= 0.6 is 0 Å². The van der Waals surface area contributed by atoms with Crippen molar-refractivity contribution in [3.63, 3.8) is 0 Å². The number of ketones is 1. The van der Waals surface area contributed by atoms with E-state index in [0.29, 0.717) is 5.90 Å². The van der Waals surface area contributed by atoms with Crippen molar-refractivity contribution in [1.29, 1.82) is 0 Å². The lowest BCUT2D eigenvalue weighted by atomic mass is 10.1. The number of aryl methyl sites for hydroxylation is 1. The molecule has 1 aromatic rings. The average molecular weight is 189 g/mol. The van der Waals surface area contributed by atoms with E-state index in [-0.39, 0.29) is 18.9 Å². The summed E-state index contributed by atoms with van der Waals surface area (Å²) in [6.07, 6.45) is 0. The Labute approximate surface area is 82.4 Å². The zero-order valence-corrected chi connectivity index (χ0v) is 7.99. The Morgan fingerprint density at radius 2 is 2.00 bits per heavy atom. The molecule has 0 saturated carbocycles. The third-order valence-corrected chi connectivity index (χ3v) is 2.07. The van der Waals surface area contributed by atoms with Crippen molar-refractivity contribution in [1.82, 2.24) is 0 Å². The third-order valence-electron chi connectivity index (χ3n) is 2.07. The van der Waals surface area contributed by atoms with Crippen molar-refractivity contribution in [2.45, 2.75) is 6.92 Å². The maximum atomic E-state index is 10.9. The molecule has 0 unspecified atom stereocenters. The standard InChI is InChI=1S/C11H11NO2/c1-8-2-4-9(5-3-8)11-12-6-10(13)7-14-11/h2-5H,6-7H2,1H3. The van der Waals surface area contributed by atoms with Crippen molar-refractivity contribution in [3.05, 3.63) is 35.4 Å². The first-order valence-electron chi connectivity index (χ1n) is 4.52. The number of rotatable bonds is 1. The fraction of sp³-hybridized carbons (Fsp3) is 0.273. The number of aliphatic imine (C=N–C) groups is 1. The molecule has 72 valence electrons. The molecular weight excluding hydrogens is 178 g/mol. The van der Waals surface area contributed by atoms with Gasteiger partial charge in [0, 0.05) is 5.56 Å². The quantitative estimate of drug-likeness (QED) is 0.668. The zero-order chi connectivity index (χ0) is 9.97. The molecule has 2 rings (SSSR count). The minimum Gasteiger partial charge on any atom is -0.469 e. The van der Waals surface area contributed by atoms with Crippen LogP contribution in [0.5, 0.6) is 0 Å². The normalized spacial score (nSPS) is 16.1. The number of hydrogen-bond donors (Lipinski definition) is 0. The monoisotopic (exact) mass is 189 g/mol. The molecule has 0 bridgehead atoms. The van der Waals surface area contributed by atoms with Crippen LogP contribution in [0.15, 0.2) is 29.3 Å². The van der Waals surface area contributed by atoms with Crippen LogP contribution in [0.4, 0.5) is 0 Å². The van der Waals surface area contributed by atoms with Gasteiger partial charge in [-0.15, -0.1) is 0 Å². The number of ether oxygens (including phenoxy) is 1. The fourth-order valence-electron chi connectivity index (χ4n) is 1.27. The average Bonchev–Trinajstić information content (AvgIpc) is 2.21. The van der Waals surface area contributed by atoms with Gasteiger partial charge in [-0.25, -0.2) is 4.99 Å². The van der Waals surface area contributed by atoms with E-state index >= 15 is 0 Å². The predicted molar refractivity (Wildman–Crippen MR) is 53.5 cm³/mol. The number of benzene rings is 1. The van der Waals surface area contributed by atoms with E-state index in [0.717, 1.165) is 5.56 Å². The van der Waals surface area contributed by atoms with Gasteiger partial charge in [-0.1, -0.05) is 17.7 Å². The zero-order valence-electron chi connectivity index (χ0n) is 7.99. The summed E-state index contributed by atoms with van der Waals surface area (Å²) in [6, 6.07) is 7.89. The SMILES string of the molecule is Cc1ccc(C2=NCC(=O)CO2)cc1. The summed E-state index contributed by atoms with van der Waals surface area (Å²) < 4.78 is 5.22. The topological polar surface area (TPSA) is 38.7 Å². The first-order chi connectivity index (χ1) is 6.75. The summed E-state index contributed by atoms with van der Waals surface area (Å²) in [5.41, 5.74) is 2.13. The van der Waals surface area contributed by atoms with Crippen LogP contribution in [-0.2, 0) is 9.53 Å². The van der Waals surface area contributed by atoms with E-state index in [9.17, 15) is 4.79 Å². The molecule has 3 heteroatoms. The van der Waals surface area contributed by atoms with E-state index in [1.54, 1.807) is 0 Å². The van der Waals surface area contributed by atoms with Crippen molar-refractivity contribution >= 4 is 11.7 Å². The highest BCUT2D eigenvalue weighted by Crippen LogP contribution is 2.08. The first kappa shape index (κ1) is 8.94. The summed E-state index contributed by atoms with van der Waals surface area (Å²) in [7, 11) is 0. The smallest absolute Gasteiger partial charge is 0.216 e. The van der Waals surface area contributed by atoms with Crippen LogP contribution in [0.2, 0.25) is 0 Å². The van der Waals surface area contributed by atoms with Gasteiger partial charge in [-0.2, -0.15) is 0 Å². The first-order valence-corrected chi connectivity index (χ1v) is 4.52. The van der Waals surface area contributed by atoms with Gasteiger partial charge in [0.05, 0.1) is 0 Å². The maximum absolute atomic E-state index is 10.9. The number of carbonyl (C=O) groups excluding carboxylic acids is 1. The van der Waals surface area contributed by atoms with E-state index in [1.165, 1.54) is 5.56 Å². The van der Waals surface area contributed by atoms with Crippen LogP contribution in [0.1, 0.15) is 11.1 Å². The molecule has 0 radical (unpaired) electrons. The Balaban J connectivity index is 2.23. The molecule has 0 atom stereocenters. The van der Waals surface area contributed by atoms with Gasteiger partial charge in [0.25, 0.3) is 0 Å². The molecule has 0 spiro atoms. The van der Waals surface area contributed by atoms with Gasteiger partial charge in [0.15, 0.2) is 12.4 Å². The minimum atomic E-state index is 0.0286. The Bertz CT molecular complexity index is 379. The molecular formula is C11H11NO2. The maximum Gasteiger partial charge on any atom is 0.216 e. The van der Waals surface area contributed by atoms with Crippen LogP contribution < -0.4 is 0 Å². The second-order valence-corrected chi connectivity index (χ2v) is 3.31. The van der Waals surface area contributed by atoms with Crippen molar-refractivity contribution < 1.29 is 9.53 Å². The highest BCUT2D eigenvalue weighted by atomic mass is 16.5. The lowest BCUT2D eigenvalue weighted by molar-refractivity contribution is -0.120. The van der Waals surface area contributed by atoms with Gasteiger partial charge < -0.3 is 4.74 Å². The van der Waals surface area contributed by atoms with Crippen molar-refractivity contribution in [3.8, 4) is 0 Å². The van der Waals surface area contributed by atoms with E-state index in [4.69, 9.17) is 4.74 Å². The lowest BCUT2D eigenvalue weighted by Gasteiger charge is -2.12. The van der Waals surface area contributed by atoms with E-state index < -0.39 is 0 Å². The summed E-state index contributed by atoms with van der Waals surface area (Å²) in [4.78, 5) is 14.9. The highest BCUT2D eigenvalue weighted by Gasteiger charge is 2.13. The van der Waals surface area contributed by atoms with Gasteiger partial charge in [-0.05, 0) is 19.1 Å². The number of carbonyl (C=O) groups is 1. The van der Waals surface area contributed by atoms with Crippen LogP contribution in [0.3, 0.4) is 0 Å². The van der Waals surface area contributed by atoms with E-state index in [1.807, 2.05) is 31.2 Å². The summed E-state index contributed by atoms with van der Waals surface area (Å²) in [5.74, 6) is 0.602. The molecule has 0 aromatic heterocycles. The molecule has 0 fully saturated rings. The molecule has 3 nitrogen and oxygen atoms in total. The number of Topliss-reactive ketones (excluding diaryl/α,β-unsaturated/α-hetero) is 1. The molecule has 1 aliphatic rings. The van der Waals surface area contributed by atoms with Crippen molar-refractivity contribution in [2.75, 3.05) is 13.2 Å². The second-order valence-electron chi connectivity index (χ2n) is 3.31.